The zero-order chi connectivity index (χ0) is 8.97. The second kappa shape index (κ2) is 4.07. The van der Waals surface area contributed by atoms with Crippen molar-refractivity contribution in [1.29, 1.82) is 5.41 Å². The summed E-state index contributed by atoms with van der Waals surface area (Å²) < 4.78 is 0.605. The topological polar surface area (TPSA) is 49.9 Å². The van der Waals surface area contributed by atoms with Gasteiger partial charge in [-0.2, -0.15) is 0 Å². The minimum absolute atomic E-state index is 0.589. The highest BCUT2D eigenvalue weighted by molar-refractivity contribution is 9.12. The Morgan fingerprint density at radius 2 is 1.92 bits per heavy atom. The van der Waals surface area contributed by atoms with Gasteiger partial charge in [-0.3, -0.25) is 0 Å². The van der Waals surface area contributed by atoms with E-state index in [0.717, 1.165) is 5.56 Å². The zero-order valence-corrected chi connectivity index (χ0v) is 8.01. The Labute approximate surface area is 79.7 Å². The van der Waals surface area contributed by atoms with E-state index in [-0.39, 0.29) is 0 Å². The Morgan fingerprint density at radius 3 is 2.42 bits per heavy atom. The standard InChI is InChI=1S/C9H9BrN2/c10-8(6-11)9(12)7-4-2-1-3-5-7/h1-6,11H,12H2/b9-8+,11-6?. The molecule has 0 fully saturated rings. The molecule has 12 heavy (non-hydrogen) atoms. The average Bonchev–Trinajstić information content (AvgIpc) is 2.17. The van der Waals surface area contributed by atoms with E-state index in [9.17, 15) is 0 Å². The van der Waals surface area contributed by atoms with E-state index in [2.05, 4.69) is 15.9 Å². The molecule has 2 nitrogen and oxygen atoms in total. The third kappa shape index (κ3) is 1.95. The Hall–Kier alpha value is -1.09. The van der Waals surface area contributed by atoms with Crippen molar-refractivity contribution in [3.8, 4) is 0 Å². The van der Waals surface area contributed by atoms with Gasteiger partial charge in [0.25, 0.3) is 0 Å². The van der Waals surface area contributed by atoms with E-state index in [1.165, 1.54) is 6.21 Å². The van der Waals surface area contributed by atoms with Gasteiger partial charge in [-0.15, -0.1) is 0 Å². The first-order valence-electron chi connectivity index (χ1n) is 3.47. The molecule has 0 radical (unpaired) electrons. The van der Waals surface area contributed by atoms with Crippen molar-refractivity contribution in [2.45, 2.75) is 0 Å². The second-order valence-corrected chi connectivity index (χ2v) is 3.13. The molecule has 0 aliphatic rings. The fourth-order valence-electron chi connectivity index (χ4n) is 0.833. The third-order valence-corrected chi connectivity index (χ3v) is 2.12. The molecule has 1 aromatic carbocycles. The van der Waals surface area contributed by atoms with Crippen LogP contribution < -0.4 is 5.73 Å². The second-order valence-electron chi connectivity index (χ2n) is 2.27. The predicted molar refractivity (Wildman–Crippen MR) is 55.3 cm³/mol. The van der Waals surface area contributed by atoms with E-state index in [1.54, 1.807) is 0 Å². The number of rotatable bonds is 2. The summed E-state index contributed by atoms with van der Waals surface area (Å²) in [5, 5.41) is 6.98. The quantitative estimate of drug-likeness (QED) is 0.745. The number of halogens is 1. The van der Waals surface area contributed by atoms with Crippen molar-refractivity contribution in [1.82, 2.24) is 0 Å². The molecule has 0 spiro atoms. The number of benzene rings is 1. The SMILES string of the molecule is N=C/C(Br)=C(\N)c1ccccc1. The molecule has 0 aliphatic carbocycles. The lowest BCUT2D eigenvalue weighted by Crippen LogP contribution is -1.98. The summed E-state index contributed by atoms with van der Waals surface area (Å²) in [5.41, 5.74) is 7.24. The molecule has 0 unspecified atom stereocenters. The number of allylic oxidation sites excluding steroid dienone is 1. The van der Waals surface area contributed by atoms with Gasteiger partial charge in [0.1, 0.15) is 0 Å². The van der Waals surface area contributed by atoms with Gasteiger partial charge >= 0.3 is 0 Å². The third-order valence-electron chi connectivity index (χ3n) is 1.47. The Morgan fingerprint density at radius 1 is 1.33 bits per heavy atom. The normalized spacial score (nSPS) is 12.1. The Balaban J connectivity index is 3.08. The monoisotopic (exact) mass is 224 g/mol. The van der Waals surface area contributed by atoms with Crippen LogP contribution in [0, 0.1) is 5.41 Å². The lowest BCUT2D eigenvalue weighted by molar-refractivity contribution is 1.51. The maximum atomic E-state index is 6.98. The van der Waals surface area contributed by atoms with Crippen LogP contribution in [0.5, 0.6) is 0 Å². The van der Waals surface area contributed by atoms with Crippen LogP contribution in [0.4, 0.5) is 0 Å². The molecule has 0 aromatic heterocycles. The van der Waals surface area contributed by atoms with E-state index in [0.29, 0.717) is 10.2 Å². The van der Waals surface area contributed by atoms with Gasteiger partial charge in [-0.25, -0.2) is 0 Å². The molecule has 1 rings (SSSR count). The predicted octanol–water partition coefficient (Wildman–Crippen LogP) is 2.36. The fourth-order valence-corrected chi connectivity index (χ4v) is 1.06. The highest BCUT2D eigenvalue weighted by atomic mass is 79.9. The molecule has 3 heteroatoms. The summed E-state index contributed by atoms with van der Waals surface area (Å²) in [7, 11) is 0. The van der Waals surface area contributed by atoms with Crippen LogP contribution in [-0.2, 0) is 0 Å². The largest absolute Gasteiger partial charge is 0.397 e. The van der Waals surface area contributed by atoms with Crippen LogP contribution in [0.15, 0.2) is 34.8 Å². The van der Waals surface area contributed by atoms with Gasteiger partial charge < -0.3 is 11.1 Å². The molecule has 62 valence electrons. The number of nitrogens with two attached hydrogens (primary N) is 1. The molecular formula is C9H9BrN2. The van der Waals surface area contributed by atoms with E-state index >= 15 is 0 Å². The first-order valence-corrected chi connectivity index (χ1v) is 4.26. The van der Waals surface area contributed by atoms with Crippen molar-refractivity contribution < 1.29 is 0 Å². The molecular weight excluding hydrogens is 216 g/mol. The number of nitrogens with one attached hydrogen (secondary N) is 1. The molecule has 1 aromatic rings. The first kappa shape index (κ1) is 9.00. The van der Waals surface area contributed by atoms with Gasteiger partial charge in [0.15, 0.2) is 0 Å². The maximum absolute atomic E-state index is 6.98. The molecule has 0 bridgehead atoms. The molecule has 0 atom stereocenters. The summed E-state index contributed by atoms with van der Waals surface area (Å²) in [6.07, 6.45) is 1.18. The molecule has 3 N–H and O–H groups in total. The lowest BCUT2D eigenvalue weighted by Gasteiger charge is -2.01. The van der Waals surface area contributed by atoms with Gasteiger partial charge in [0, 0.05) is 6.21 Å². The summed E-state index contributed by atoms with van der Waals surface area (Å²) in [4.78, 5) is 0. The van der Waals surface area contributed by atoms with Gasteiger partial charge in [0.2, 0.25) is 0 Å². The van der Waals surface area contributed by atoms with Gasteiger partial charge in [-0.05, 0) is 21.5 Å². The molecule has 0 saturated heterocycles. The van der Waals surface area contributed by atoms with Gasteiger partial charge in [0.05, 0.1) is 10.2 Å². The van der Waals surface area contributed by atoms with E-state index in [1.807, 2.05) is 30.3 Å². The number of hydrogen-bond acceptors (Lipinski definition) is 2. The van der Waals surface area contributed by atoms with Crippen LogP contribution in [0.25, 0.3) is 5.70 Å². The van der Waals surface area contributed by atoms with Gasteiger partial charge in [-0.1, -0.05) is 30.3 Å². The number of hydrogen-bond donors (Lipinski definition) is 2. The Kier molecular flexibility index (Phi) is 3.05. The minimum Gasteiger partial charge on any atom is -0.397 e. The van der Waals surface area contributed by atoms with Crippen LogP contribution >= 0.6 is 15.9 Å². The molecule has 0 heterocycles. The average molecular weight is 225 g/mol. The molecule has 0 saturated carbocycles. The van der Waals surface area contributed by atoms with Crippen LogP contribution in [-0.4, -0.2) is 6.21 Å². The smallest absolute Gasteiger partial charge is 0.0586 e. The van der Waals surface area contributed by atoms with Crippen molar-refractivity contribution in [2.75, 3.05) is 0 Å². The highest BCUT2D eigenvalue weighted by Crippen LogP contribution is 2.15. The highest BCUT2D eigenvalue weighted by Gasteiger charge is 1.98. The minimum atomic E-state index is 0.589. The Bertz CT molecular complexity index is 304. The van der Waals surface area contributed by atoms with E-state index in [4.69, 9.17) is 11.1 Å². The molecule has 0 aliphatic heterocycles. The van der Waals surface area contributed by atoms with Crippen molar-refractivity contribution in [3.05, 3.63) is 40.4 Å². The van der Waals surface area contributed by atoms with Crippen molar-refractivity contribution in [2.24, 2.45) is 5.73 Å². The lowest BCUT2D eigenvalue weighted by atomic mass is 10.1. The zero-order valence-electron chi connectivity index (χ0n) is 6.42. The summed E-state index contributed by atoms with van der Waals surface area (Å²) >= 11 is 3.19. The fraction of sp³-hybridized carbons (Fsp3) is 0. The first-order chi connectivity index (χ1) is 5.75. The maximum Gasteiger partial charge on any atom is 0.0586 e. The summed E-state index contributed by atoms with van der Waals surface area (Å²) in [6.45, 7) is 0. The van der Waals surface area contributed by atoms with Crippen LogP contribution in [0.2, 0.25) is 0 Å². The molecule has 0 amide bonds. The summed E-state index contributed by atoms with van der Waals surface area (Å²) in [5.74, 6) is 0. The summed E-state index contributed by atoms with van der Waals surface area (Å²) in [6, 6.07) is 9.55. The van der Waals surface area contributed by atoms with Crippen molar-refractivity contribution >= 4 is 27.8 Å². The van der Waals surface area contributed by atoms with Crippen LogP contribution in [0.1, 0.15) is 5.56 Å². The van der Waals surface area contributed by atoms with Crippen LogP contribution in [0.3, 0.4) is 0 Å². The van der Waals surface area contributed by atoms with E-state index < -0.39 is 0 Å². The van der Waals surface area contributed by atoms with Crippen molar-refractivity contribution in [3.63, 3.8) is 0 Å².